The van der Waals surface area contributed by atoms with Crippen LogP contribution in [0.5, 0.6) is 0 Å². The summed E-state index contributed by atoms with van der Waals surface area (Å²) in [6, 6.07) is 2.21. The lowest BCUT2D eigenvalue weighted by Gasteiger charge is -2.07. The highest BCUT2D eigenvalue weighted by Gasteiger charge is 2.32. The second kappa shape index (κ2) is 3.76. The molecule has 17 heavy (non-hydrogen) atoms. The predicted molar refractivity (Wildman–Crippen MR) is 55.5 cm³/mol. The van der Waals surface area contributed by atoms with E-state index in [9.17, 15) is 13.2 Å². The summed E-state index contributed by atoms with van der Waals surface area (Å²) in [5.74, 6) is 0.212. The Labute approximate surface area is 94.9 Å². The number of alkyl halides is 3. The number of imidazole rings is 1. The molecular weight excluding hydrogens is 233 g/mol. The van der Waals surface area contributed by atoms with E-state index < -0.39 is 11.9 Å². The van der Waals surface area contributed by atoms with Gasteiger partial charge in [-0.15, -0.1) is 0 Å². The van der Waals surface area contributed by atoms with Gasteiger partial charge in [0, 0.05) is 6.20 Å². The first-order valence-corrected chi connectivity index (χ1v) is 4.73. The van der Waals surface area contributed by atoms with Crippen LogP contribution in [0.4, 0.5) is 19.1 Å². The number of pyridine rings is 1. The fourth-order valence-corrected chi connectivity index (χ4v) is 1.42. The van der Waals surface area contributed by atoms with Crippen LogP contribution in [0.25, 0.3) is 5.69 Å². The van der Waals surface area contributed by atoms with Crippen molar-refractivity contribution in [2.24, 2.45) is 0 Å². The van der Waals surface area contributed by atoms with Gasteiger partial charge in [0.05, 0.1) is 17.6 Å². The Morgan fingerprint density at radius 1 is 1.29 bits per heavy atom. The lowest BCUT2D eigenvalue weighted by Crippen LogP contribution is -2.08. The summed E-state index contributed by atoms with van der Waals surface area (Å²) in [6.45, 7) is 1.74. The molecule has 0 saturated heterocycles. The quantitative estimate of drug-likeness (QED) is 0.833. The SMILES string of the molecule is Cc1cn(-c2ccc(C(F)(F)F)nc2)c(N)n1. The van der Waals surface area contributed by atoms with Gasteiger partial charge in [-0.1, -0.05) is 0 Å². The van der Waals surface area contributed by atoms with E-state index in [1.54, 1.807) is 13.1 Å². The summed E-state index contributed by atoms with van der Waals surface area (Å²) in [4.78, 5) is 7.30. The Morgan fingerprint density at radius 3 is 2.41 bits per heavy atom. The van der Waals surface area contributed by atoms with Crippen LogP contribution < -0.4 is 5.73 Å². The molecule has 2 rings (SSSR count). The number of hydrogen-bond acceptors (Lipinski definition) is 3. The van der Waals surface area contributed by atoms with Crippen LogP contribution in [0.1, 0.15) is 11.4 Å². The van der Waals surface area contributed by atoms with Crippen molar-refractivity contribution >= 4 is 5.95 Å². The van der Waals surface area contributed by atoms with E-state index in [0.717, 1.165) is 12.3 Å². The normalized spacial score (nSPS) is 11.8. The molecule has 2 aromatic rings. The van der Waals surface area contributed by atoms with E-state index in [2.05, 4.69) is 9.97 Å². The summed E-state index contributed by atoms with van der Waals surface area (Å²) in [5, 5.41) is 0. The zero-order chi connectivity index (χ0) is 12.6. The number of rotatable bonds is 1. The Balaban J connectivity index is 2.39. The van der Waals surface area contributed by atoms with Gasteiger partial charge in [0.1, 0.15) is 5.69 Å². The van der Waals surface area contributed by atoms with Crippen molar-refractivity contribution in [3.05, 3.63) is 35.9 Å². The van der Waals surface area contributed by atoms with Crippen molar-refractivity contribution in [3.63, 3.8) is 0 Å². The molecule has 2 N–H and O–H groups in total. The molecule has 0 aliphatic heterocycles. The summed E-state index contributed by atoms with van der Waals surface area (Å²) < 4.78 is 38.4. The van der Waals surface area contributed by atoms with Gasteiger partial charge in [0.15, 0.2) is 0 Å². The smallest absolute Gasteiger partial charge is 0.369 e. The Bertz CT molecular complexity index is 527. The first-order valence-electron chi connectivity index (χ1n) is 4.73. The molecule has 2 aromatic heterocycles. The third kappa shape index (κ3) is 2.22. The maximum atomic E-state index is 12.3. The fourth-order valence-electron chi connectivity index (χ4n) is 1.42. The number of nitrogens with two attached hydrogens (primary N) is 1. The van der Waals surface area contributed by atoms with Crippen LogP contribution in [0.2, 0.25) is 0 Å². The number of anilines is 1. The van der Waals surface area contributed by atoms with Gasteiger partial charge >= 0.3 is 6.18 Å². The fraction of sp³-hybridized carbons (Fsp3) is 0.200. The van der Waals surface area contributed by atoms with Crippen LogP contribution in [0.15, 0.2) is 24.5 Å². The summed E-state index contributed by atoms with van der Waals surface area (Å²) in [5.41, 5.74) is 5.79. The zero-order valence-corrected chi connectivity index (χ0v) is 8.86. The summed E-state index contributed by atoms with van der Waals surface area (Å²) in [6.07, 6.45) is -1.70. The number of nitrogen functional groups attached to an aromatic ring is 1. The average molecular weight is 242 g/mol. The molecule has 0 bridgehead atoms. The maximum Gasteiger partial charge on any atom is 0.433 e. The zero-order valence-electron chi connectivity index (χ0n) is 8.86. The lowest BCUT2D eigenvalue weighted by molar-refractivity contribution is -0.141. The first kappa shape index (κ1) is 11.4. The highest BCUT2D eigenvalue weighted by molar-refractivity contribution is 5.39. The Kier molecular flexibility index (Phi) is 2.53. The number of aromatic nitrogens is 3. The van der Waals surface area contributed by atoms with Gasteiger partial charge in [-0.2, -0.15) is 13.2 Å². The molecule has 0 spiro atoms. The van der Waals surface area contributed by atoms with Crippen LogP contribution in [-0.4, -0.2) is 14.5 Å². The number of nitrogens with zero attached hydrogens (tertiary/aromatic N) is 3. The lowest BCUT2D eigenvalue weighted by atomic mass is 10.3. The summed E-state index contributed by atoms with van der Waals surface area (Å²) in [7, 11) is 0. The first-order chi connectivity index (χ1) is 7.88. The van der Waals surface area contributed by atoms with Crippen LogP contribution in [-0.2, 0) is 6.18 Å². The highest BCUT2D eigenvalue weighted by Crippen LogP contribution is 2.27. The summed E-state index contributed by atoms with van der Waals surface area (Å²) >= 11 is 0. The molecule has 0 atom stereocenters. The average Bonchev–Trinajstić information content (AvgIpc) is 2.57. The van der Waals surface area contributed by atoms with Crippen molar-refractivity contribution < 1.29 is 13.2 Å². The van der Waals surface area contributed by atoms with Gasteiger partial charge in [0.2, 0.25) is 5.95 Å². The molecule has 0 aliphatic carbocycles. The Morgan fingerprint density at radius 2 is 2.00 bits per heavy atom. The van der Waals surface area contributed by atoms with Gasteiger partial charge in [-0.3, -0.25) is 4.57 Å². The van der Waals surface area contributed by atoms with E-state index in [1.807, 2.05) is 0 Å². The molecular formula is C10H9F3N4. The minimum absolute atomic E-state index is 0.212. The van der Waals surface area contributed by atoms with E-state index in [1.165, 1.54) is 10.6 Å². The predicted octanol–water partition coefficient (Wildman–Crippen LogP) is 2.18. The van der Waals surface area contributed by atoms with Crippen molar-refractivity contribution in [1.82, 2.24) is 14.5 Å². The van der Waals surface area contributed by atoms with Gasteiger partial charge in [-0.25, -0.2) is 9.97 Å². The van der Waals surface area contributed by atoms with Gasteiger partial charge in [-0.05, 0) is 19.1 Å². The molecule has 7 heteroatoms. The number of hydrogen-bond donors (Lipinski definition) is 1. The second-order valence-corrected chi connectivity index (χ2v) is 3.51. The molecule has 2 heterocycles. The largest absolute Gasteiger partial charge is 0.433 e. The minimum Gasteiger partial charge on any atom is -0.369 e. The number of halogens is 3. The van der Waals surface area contributed by atoms with E-state index in [-0.39, 0.29) is 5.95 Å². The van der Waals surface area contributed by atoms with Crippen LogP contribution in [0.3, 0.4) is 0 Å². The van der Waals surface area contributed by atoms with Crippen molar-refractivity contribution in [2.75, 3.05) is 5.73 Å². The molecule has 0 aliphatic rings. The monoisotopic (exact) mass is 242 g/mol. The van der Waals surface area contributed by atoms with Crippen molar-refractivity contribution in [2.45, 2.75) is 13.1 Å². The Hall–Kier alpha value is -2.05. The third-order valence-corrected chi connectivity index (χ3v) is 2.17. The molecule has 90 valence electrons. The second-order valence-electron chi connectivity index (χ2n) is 3.51. The van der Waals surface area contributed by atoms with E-state index >= 15 is 0 Å². The minimum atomic E-state index is -4.44. The highest BCUT2D eigenvalue weighted by atomic mass is 19.4. The topological polar surface area (TPSA) is 56.7 Å². The molecule has 0 radical (unpaired) electrons. The van der Waals surface area contributed by atoms with Gasteiger partial charge < -0.3 is 5.73 Å². The van der Waals surface area contributed by atoms with Crippen LogP contribution in [0, 0.1) is 6.92 Å². The molecule has 4 nitrogen and oxygen atoms in total. The van der Waals surface area contributed by atoms with E-state index in [0.29, 0.717) is 11.4 Å². The molecule has 0 saturated carbocycles. The van der Waals surface area contributed by atoms with Crippen molar-refractivity contribution in [1.29, 1.82) is 0 Å². The maximum absolute atomic E-state index is 12.3. The van der Waals surface area contributed by atoms with Gasteiger partial charge in [0.25, 0.3) is 0 Å². The number of aryl methyl sites for hydroxylation is 1. The van der Waals surface area contributed by atoms with Crippen molar-refractivity contribution in [3.8, 4) is 5.69 Å². The molecule has 0 aromatic carbocycles. The standard InChI is InChI=1S/C10H9F3N4/c1-6-5-17(9(14)16-6)7-2-3-8(15-4-7)10(11,12)13/h2-5H,1H3,(H2,14,16). The molecule has 0 unspecified atom stereocenters. The molecule has 0 fully saturated rings. The third-order valence-electron chi connectivity index (χ3n) is 2.17. The van der Waals surface area contributed by atoms with E-state index in [4.69, 9.17) is 5.73 Å². The molecule has 0 amide bonds. The van der Waals surface area contributed by atoms with Crippen LogP contribution >= 0.6 is 0 Å².